The van der Waals surface area contributed by atoms with Crippen molar-refractivity contribution in [2.75, 3.05) is 12.8 Å². The van der Waals surface area contributed by atoms with Gasteiger partial charge in [0.25, 0.3) is 0 Å². The van der Waals surface area contributed by atoms with Crippen molar-refractivity contribution < 1.29 is 9.26 Å². The fourth-order valence-electron chi connectivity index (χ4n) is 3.14. The van der Waals surface area contributed by atoms with Gasteiger partial charge in [-0.3, -0.25) is 4.98 Å². The summed E-state index contributed by atoms with van der Waals surface area (Å²) in [6, 6.07) is 8.23. The van der Waals surface area contributed by atoms with Crippen molar-refractivity contribution in [1.82, 2.24) is 19.7 Å². The van der Waals surface area contributed by atoms with E-state index in [0.717, 1.165) is 22.5 Å². The first-order valence-electron chi connectivity index (χ1n) is 7.67. The van der Waals surface area contributed by atoms with Gasteiger partial charge in [-0.15, -0.1) is 0 Å². The maximum absolute atomic E-state index is 5.50. The largest absolute Gasteiger partial charge is 0.497 e. The Morgan fingerprint density at radius 3 is 2.88 bits per heavy atom. The minimum Gasteiger partial charge on any atom is -0.497 e. The van der Waals surface area contributed by atoms with Gasteiger partial charge in [0.15, 0.2) is 5.82 Å². The lowest BCUT2D eigenvalue weighted by Gasteiger charge is -2.08. The Hall–Kier alpha value is -3.09. The summed E-state index contributed by atoms with van der Waals surface area (Å²) >= 11 is 0. The molecule has 4 aromatic rings. The minimum atomic E-state index is 0.0896. The number of aryl methyl sites for hydroxylation is 3. The normalized spacial score (nSPS) is 11.4. The number of hydrogen-bond acceptors (Lipinski definition) is 6. The number of nitrogens with two attached hydrogens (primary N) is 1. The highest BCUT2D eigenvalue weighted by Crippen LogP contribution is 2.32. The first kappa shape index (κ1) is 14.5. The van der Waals surface area contributed by atoms with Crippen LogP contribution in [0.15, 0.2) is 35.0 Å². The van der Waals surface area contributed by atoms with Crippen LogP contribution < -0.4 is 10.5 Å². The number of benzene rings is 1. The van der Waals surface area contributed by atoms with Crippen molar-refractivity contribution in [2.45, 2.75) is 19.9 Å². The molecule has 0 aliphatic heterocycles. The molecule has 0 atom stereocenters. The fraction of sp³-hybridized carbons (Fsp3) is 0.235. The molecule has 24 heavy (non-hydrogen) atoms. The maximum atomic E-state index is 5.50. The Kier molecular flexibility index (Phi) is 3.34. The van der Waals surface area contributed by atoms with Crippen LogP contribution in [0.4, 0.5) is 6.01 Å². The van der Waals surface area contributed by atoms with Crippen LogP contribution in [0.3, 0.4) is 0 Å². The Bertz CT molecular complexity index is 1030. The summed E-state index contributed by atoms with van der Waals surface area (Å²) in [7, 11) is 1.67. The van der Waals surface area contributed by atoms with Crippen LogP contribution in [0.2, 0.25) is 0 Å². The quantitative estimate of drug-likeness (QED) is 0.621. The molecule has 0 unspecified atom stereocenters. The number of aromatic nitrogens is 4. The van der Waals surface area contributed by atoms with E-state index in [9.17, 15) is 0 Å². The van der Waals surface area contributed by atoms with E-state index in [4.69, 9.17) is 15.0 Å². The zero-order valence-electron chi connectivity index (χ0n) is 13.5. The van der Waals surface area contributed by atoms with Gasteiger partial charge in [0.05, 0.1) is 23.8 Å². The molecule has 0 radical (unpaired) electrons. The average molecular weight is 323 g/mol. The highest BCUT2D eigenvalue weighted by Gasteiger charge is 2.14. The highest BCUT2D eigenvalue weighted by atomic mass is 16.5. The first-order chi connectivity index (χ1) is 11.7. The van der Waals surface area contributed by atoms with Crippen LogP contribution in [0.1, 0.15) is 11.5 Å². The van der Waals surface area contributed by atoms with Gasteiger partial charge in [-0.05, 0) is 25.1 Å². The van der Waals surface area contributed by atoms with Crippen molar-refractivity contribution in [3.05, 3.63) is 42.0 Å². The van der Waals surface area contributed by atoms with Crippen LogP contribution in [0.5, 0.6) is 5.75 Å². The Labute approximate surface area is 138 Å². The van der Waals surface area contributed by atoms with Gasteiger partial charge in [-0.2, -0.15) is 4.98 Å². The first-order valence-corrected chi connectivity index (χ1v) is 7.67. The molecule has 3 aromatic heterocycles. The summed E-state index contributed by atoms with van der Waals surface area (Å²) in [5.74, 6) is 1.41. The number of anilines is 1. The predicted molar refractivity (Wildman–Crippen MR) is 90.9 cm³/mol. The second kappa shape index (κ2) is 5.52. The fourth-order valence-corrected chi connectivity index (χ4v) is 3.14. The number of pyridine rings is 1. The molecule has 0 saturated carbocycles. The summed E-state index contributed by atoms with van der Waals surface area (Å²) in [5, 5.41) is 6.21. The van der Waals surface area contributed by atoms with Crippen molar-refractivity contribution in [2.24, 2.45) is 0 Å². The van der Waals surface area contributed by atoms with E-state index in [1.165, 1.54) is 10.8 Å². The molecular weight excluding hydrogens is 306 g/mol. The molecule has 1 aromatic carbocycles. The van der Waals surface area contributed by atoms with Crippen molar-refractivity contribution in [3.8, 4) is 5.75 Å². The molecule has 0 aliphatic rings. The number of hydrogen-bond donors (Lipinski definition) is 1. The number of ether oxygens (including phenoxy) is 1. The van der Waals surface area contributed by atoms with Crippen LogP contribution in [0, 0.1) is 6.92 Å². The molecule has 4 rings (SSSR count). The lowest BCUT2D eigenvalue weighted by molar-refractivity contribution is 0.415. The molecule has 0 amide bonds. The number of nitrogen functional groups attached to an aromatic ring is 1. The Balaban J connectivity index is 1.89. The zero-order valence-corrected chi connectivity index (χ0v) is 13.5. The number of methoxy groups -OCH3 is 1. The van der Waals surface area contributed by atoms with Gasteiger partial charge < -0.3 is 19.6 Å². The highest BCUT2D eigenvalue weighted by molar-refractivity contribution is 6.09. The van der Waals surface area contributed by atoms with Gasteiger partial charge >= 0.3 is 6.01 Å². The topological polar surface area (TPSA) is 92.0 Å². The molecule has 122 valence electrons. The van der Waals surface area contributed by atoms with E-state index in [2.05, 4.69) is 25.8 Å². The summed E-state index contributed by atoms with van der Waals surface area (Å²) in [4.78, 5) is 8.52. The summed E-state index contributed by atoms with van der Waals surface area (Å²) in [5.41, 5.74) is 8.68. The van der Waals surface area contributed by atoms with E-state index < -0.39 is 0 Å². The van der Waals surface area contributed by atoms with Gasteiger partial charge in [0.1, 0.15) is 5.75 Å². The Morgan fingerprint density at radius 2 is 2.12 bits per heavy atom. The third kappa shape index (κ3) is 2.25. The molecule has 0 fully saturated rings. The van der Waals surface area contributed by atoms with Crippen LogP contribution in [0.25, 0.3) is 21.8 Å². The summed E-state index contributed by atoms with van der Waals surface area (Å²) in [6.07, 6.45) is 2.46. The lowest BCUT2D eigenvalue weighted by Crippen LogP contribution is -2.04. The van der Waals surface area contributed by atoms with Crippen LogP contribution in [-0.2, 0) is 13.0 Å². The molecule has 0 aliphatic carbocycles. The minimum absolute atomic E-state index is 0.0896. The van der Waals surface area contributed by atoms with Crippen molar-refractivity contribution >= 4 is 27.8 Å². The van der Waals surface area contributed by atoms with Gasteiger partial charge in [0.2, 0.25) is 0 Å². The van der Waals surface area contributed by atoms with E-state index in [1.54, 1.807) is 7.11 Å². The molecule has 0 bridgehead atoms. The molecule has 7 nitrogen and oxygen atoms in total. The van der Waals surface area contributed by atoms with E-state index in [1.807, 2.05) is 31.3 Å². The maximum Gasteiger partial charge on any atom is 0.318 e. The SMILES string of the molecule is COc1ccc2c3ccnc(C)c3n(CCc3noc(N)n3)c2c1. The molecule has 3 heterocycles. The third-order valence-electron chi connectivity index (χ3n) is 4.21. The molecular formula is C17H17N5O2. The lowest BCUT2D eigenvalue weighted by atomic mass is 10.1. The summed E-state index contributed by atoms with van der Waals surface area (Å²) < 4.78 is 12.5. The van der Waals surface area contributed by atoms with E-state index in [-0.39, 0.29) is 6.01 Å². The molecule has 0 saturated heterocycles. The van der Waals surface area contributed by atoms with Gasteiger partial charge in [-0.25, -0.2) is 0 Å². The standard InChI is InChI=1S/C17H17N5O2/c1-10-16-13(5-7-19-10)12-4-3-11(23-2)9-14(12)22(16)8-6-15-20-17(18)24-21-15/h3-5,7,9H,6,8H2,1-2H3,(H2,18,20,21). The van der Waals surface area contributed by atoms with Crippen LogP contribution in [-0.4, -0.2) is 26.8 Å². The predicted octanol–water partition coefficient (Wildman–Crippen LogP) is 2.71. The summed E-state index contributed by atoms with van der Waals surface area (Å²) in [6.45, 7) is 2.71. The van der Waals surface area contributed by atoms with Gasteiger partial charge in [0, 0.05) is 36.0 Å². The van der Waals surface area contributed by atoms with Crippen LogP contribution >= 0.6 is 0 Å². The molecule has 2 N–H and O–H groups in total. The Morgan fingerprint density at radius 1 is 1.25 bits per heavy atom. The zero-order chi connectivity index (χ0) is 16.7. The monoisotopic (exact) mass is 323 g/mol. The number of rotatable bonds is 4. The van der Waals surface area contributed by atoms with Gasteiger partial charge in [-0.1, -0.05) is 5.16 Å². The third-order valence-corrected chi connectivity index (χ3v) is 4.21. The average Bonchev–Trinajstić information content (AvgIpc) is 3.14. The smallest absolute Gasteiger partial charge is 0.318 e. The van der Waals surface area contributed by atoms with E-state index >= 15 is 0 Å². The second-order valence-electron chi connectivity index (χ2n) is 5.63. The number of nitrogens with zero attached hydrogens (tertiary/aromatic N) is 4. The second-order valence-corrected chi connectivity index (χ2v) is 5.63. The van der Waals surface area contributed by atoms with E-state index in [0.29, 0.717) is 18.8 Å². The molecule has 0 spiro atoms. The van der Waals surface area contributed by atoms with Crippen molar-refractivity contribution in [1.29, 1.82) is 0 Å². The molecule has 7 heteroatoms. The van der Waals surface area contributed by atoms with Crippen molar-refractivity contribution in [3.63, 3.8) is 0 Å². The number of fused-ring (bicyclic) bond motifs is 3.